The van der Waals surface area contributed by atoms with Gasteiger partial charge < -0.3 is 19.9 Å². The van der Waals surface area contributed by atoms with Crippen molar-refractivity contribution in [2.24, 2.45) is 0 Å². The molecule has 1 aromatic carbocycles. The number of unbranched alkanes of at least 4 members (excludes halogenated alkanes) is 3. The Hall–Kier alpha value is -3.10. The molecule has 1 fully saturated rings. The van der Waals surface area contributed by atoms with E-state index in [9.17, 15) is 19.2 Å². The van der Waals surface area contributed by atoms with E-state index in [2.05, 4.69) is 22.5 Å². The lowest BCUT2D eigenvalue weighted by molar-refractivity contribution is -0.136. The van der Waals surface area contributed by atoms with E-state index in [0.29, 0.717) is 25.1 Å². The number of fused-ring (bicyclic) bond motifs is 1. The molecule has 0 aliphatic carbocycles. The predicted molar refractivity (Wildman–Crippen MR) is 138 cm³/mol. The van der Waals surface area contributed by atoms with Gasteiger partial charge in [0.05, 0.1) is 0 Å². The number of hydrogen-bond acceptors (Lipinski definition) is 6. The van der Waals surface area contributed by atoms with Gasteiger partial charge in [-0.2, -0.15) is 0 Å². The Bertz CT molecular complexity index is 971. The molecule has 0 saturated carbocycles. The number of imide groups is 1. The van der Waals surface area contributed by atoms with Crippen LogP contribution in [-0.2, 0) is 20.9 Å². The third-order valence-electron chi connectivity index (χ3n) is 6.45. The summed E-state index contributed by atoms with van der Waals surface area (Å²) in [6.07, 6.45) is 5.14. The third kappa shape index (κ3) is 7.21. The van der Waals surface area contributed by atoms with E-state index in [-0.39, 0.29) is 18.2 Å². The minimum atomic E-state index is -0.622. The average molecular weight is 501 g/mol. The Kier molecular flexibility index (Phi) is 9.34. The van der Waals surface area contributed by atoms with Gasteiger partial charge in [0.15, 0.2) is 0 Å². The summed E-state index contributed by atoms with van der Waals surface area (Å²) in [6.45, 7) is 10.2. The number of rotatable bonds is 11. The van der Waals surface area contributed by atoms with E-state index in [1.807, 2.05) is 39.0 Å². The topological polar surface area (TPSA) is 108 Å². The molecule has 1 saturated heterocycles. The Balaban J connectivity index is 1.66. The summed E-state index contributed by atoms with van der Waals surface area (Å²) in [5.74, 6) is -0.841. The van der Waals surface area contributed by atoms with Crippen LogP contribution in [0.2, 0.25) is 0 Å². The lowest BCUT2D eigenvalue weighted by Gasteiger charge is -2.30. The maximum Gasteiger partial charge on any atom is 0.407 e. The Labute approximate surface area is 213 Å². The highest BCUT2D eigenvalue weighted by atomic mass is 16.6. The highest BCUT2D eigenvalue weighted by molar-refractivity contribution is 6.06. The molecule has 198 valence electrons. The van der Waals surface area contributed by atoms with Gasteiger partial charge in [0.25, 0.3) is 5.91 Å². The summed E-state index contributed by atoms with van der Waals surface area (Å²) in [6, 6.07) is 5.15. The number of anilines is 1. The van der Waals surface area contributed by atoms with Crippen molar-refractivity contribution in [3.63, 3.8) is 0 Å². The molecule has 2 N–H and O–H groups in total. The second-order valence-electron chi connectivity index (χ2n) is 10.5. The van der Waals surface area contributed by atoms with Crippen LogP contribution in [0.5, 0.6) is 0 Å². The number of carbonyl (C=O) groups excluding carboxylic acids is 4. The first-order valence-electron chi connectivity index (χ1n) is 13.1. The zero-order chi connectivity index (χ0) is 26.3. The Morgan fingerprint density at radius 3 is 2.53 bits per heavy atom. The van der Waals surface area contributed by atoms with Crippen LogP contribution in [0.15, 0.2) is 18.2 Å². The number of hydrogen-bond donors (Lipinski definition) is 2. The van der Waals surface area contributed by atoms with E-state index in [4.69, 9.17) is 4.74 Å². The van der Waals surface area contributed by atoms with Crippen LogP contribution in [0.3, 0.4) is 0 Å². The molecule has 9 nitrogen and oxygen atoms in total. The predicted octanol–water partition coefficient (Wildman–Crippen LogP) is 3.75. The second-order valence-corrected chi connectivity index (χ2v) is 10.5. The zero-order valence-corrected chi connectivity index (χ0v) is 22.0. The fourth-order valence-corrected chi connectivity index (χ4v) is 4.70. The molecule has 0 bridgehead atoms. The normalized spacial score (nSPS) is 17.6. The number of nitrogens with zero attached hydrogens (tertiary/aromatic N) is 2. The number of ether oxygens (including phenoxy) is 1. The van der Waals surface area contributed by atoms with Gasteiger partial charge in [0.1, 0.15) is 11.6 Å². The summed E-state index contributed by atoms with van der Waals surface area (Å²) in [5.41, 5.74) is 2.07. The van der Waals surface area contributed by atoms with Crippen molar-refractivity contribution in [1.29, 1.82) is 0 Å². The van der Waals surface area contributed by atoms with Gasteiger partial charge in [-0.3, -0.25) is 19.7 Å². The van der Waals surface area contributed by atoms with Crippen LogP contribution in [0.1, 0.15) is 88.6 Å². The smallest absolute Gasteiger partial charge is 0.407 e. The maximum absolute atomic E-state index is 13.2. The largest absolute Gasteiger partial charge is 0.444 e. The molecule has 36 heavy (non-hydrogen) atoms. The fraction of sp³-hybridized carbons (Fsp3) is 0.630. The van der Waals surface area contributed by atoms with Gasteiger partial charge in [-0.25, -0.2) is 4.79 Å². The van der Waals surface area contributed by atoms with Crippen molar-refractivity contribution >= 4 is 29.5 Å². The van der Waals surface area contributed by atoms with Crippen molar-refractivity contribution in [2.45, 2.75) is 90.8 Å². The molecule has 2 aliphatic heterocycles. The Morgan fingerprint density at radius 2 is 1.86 bits per heavy atom. The van der Waals surface area contributed by atoms with Crippen LogP contribution in [0.4, 0.5) is 10.5 Å². The molecule has 4 amide bonds. The highest BCUT2D eigenvalue weighted by Crippen LogP contribution is 2.34. The van der Waals surface area contributed by atoms with Crippen LogP contribution >= 0.6 is 0 Å². The van der Waals surface area contributed by atoms with Crippen molar-refractivity contribution in [2.75, 3.05) is 24.5 Å². The minimum Gasteiger partial charge on any atom is -0.444 e. The molecule has 1 unspecified atom stereocenters. The van der Waals surface area contributed by atoms with Crippen LogP contribution in [0.25, 0.3) is 0 Å². The monoisotopic (exact) mass is 500 g/mol. The summed E-state index contributed by atoms with van der Waals surface area (Å²) < 4.78 is 5.29. The van der Waals surface area contributed by atoms with Gasteiger partial charge in [-0.05, 0) is 58.6 Å². The third-order valence-corrected chi connectivity index (χ3v) is 6.45. The first kappa shape index (κ1) is 27.5. The number of amides is 4. The first-order valence-corrected chi connectivity index (χ1v) is 13.1. The van der Waals surface area contributed by atoms with Gasteiger partial charge in [0.2, 0.25) is 11.8 Å². The molecule has 2 heterocycles. The SMILES string of the molecule is CCCCCN(CCCCNC(=O)OC(C)(C)C)c1cccc2c1CN(C1CCC(=O)NC1=O)C2=O. The zero-order valence-electron chi connectivity index (χ0n) is 22.0. The summed E-state index contributed by atoms with van der Waals surface area (Å²) in [5, 5.41) is 5.17. The van der Waals surface area contributed by atoms with Gasteiger partial charge >= 0.3 is 6.09 Å². The van der Waals surface area contributed by atoms with Crippen molar-refractivity contribution in [1.82, 2.24) is 15.5 Å². The summed E-state index contributed by atoms with van der Waals surface area (Å²) in [4.78, 5) is 53.0. The fourth-order valence-electron chi connectivity index (χ4n) is 4.70. The number of piperidine rings is 1. The lowest BCUT2D eigenvalue weighted by Crippen LogP contribution is -2.52. The van der Waals surface area contributed by atoms with Crippen LogP contribution in [0, 0.1) is 0 Å². The van der Waals surface area contributed by atoms with E-state index in [1.165, 1.54) is 0 Å². The maximum atomic E-state index is 13.2. The van der Waals surface area contributed by atoms with E-state index < -0.39 is 23.6 Å². The summed E-state index contributed by atoms with van der Waals surface area (Å²) >= 11 is 0. The molecule has 9 heteroatoms. The molecule has 0 spiro atoms. The molecule has 0 radical (unpaired) electrons. The average Bonchev–Trinajstić information content (AvgIpc) is 3.13. The van der Waals surface area contributed by atoms with Crippen molar-refractivity contribution in [3.05, 3.63) is 29.3 Å². The number of nitrogens with one attached hydrogen (secondary N) is 2. The van der Waals surface area contributed by atoms with Crippen molar-refractivity contribution < 1.29 is 23.9 Å². The molecular weight excluding hydrogens is 460 g/mol. The second kappa shape index (κ2) is 12.2. The Morgan fingerprint density at radius 1 is 1.14 bits per heavy atom. The van der Waals surface area contributed by atoms with E-state index >= 15 is 0 Å². The number of benzene rings is 1. The number of alkyl carbamates (subject to hydrolysis) is 1. The molecule has 3 rings (SSSR count). The van der Waals surface area contributed by atoms with Crippen LogP contribution in [-0.4, -0.2) is 60.0 Å². The molecular formula is C27H40N4O5. The molecule has 1 aromatic rings. The standard InChI is InChI=1S/C27H40N4O5/c1-5-6-8-16-30(17-9-7-15-28-26(35)36-27(2,3)4)21-12-10-11-19-20(21)18-31(25(19)34)22-13-14-23(32)29-24(22)33/h10-12,22H,5-9,13-18H2,1-4H3,(H,28,35)(H,29,32,33). The summed E-state index contributed by atoms with van der Waals surface area (Å²) in [7, 11) is 0. The minimum absolute atomic E-state index is 0.156. The number of carbonyl (C=O) groups is 4. The van der Waals surface area contributed by atoms with E-state index in [1.54, 1.807) is 4.90 Å². The van der Waals surface area contributed by atoms with Gasteiger partial charge in [-0.1, -0.05) is 25.8 Å². The molecule has 1 atom stereocenters. The molecule has 0 aromatic heterocycles. The van der Waals surface area contributed by atoms with Gasteiger partial charge in [0, 0.05) is 49.4 Å². The lowest BCUT2D eigenvalue weighted by atomic mass is 10.0. The molecule has 2 aliphatic rings. The van der Waals surface area contributed by atoms with Crippen LogP contribution < -0.4 is 15.5 Å². The van der Waals surface area contributed by atoms with Crippen molar-refractivity contribution in [3.8, 4) is 0 Å². The quantitative estimate of drug-likeness (QED) is 0.354. The first-order chi connectivity index (χ1) is 17.1. The highest BCUT2D eigenvalue weighted by Gasteiger charge is 2.40. The van der Waals surface area contributed by atoms with Gasteiger partial charge in [-0.15, -0.1) is 0 Å². The van der Waals surface area contributed by atoms with E-state index in [0.717, 1.165) is 56.4 Å².